The van der Waals surface area contributed by atoms with Gasteiger partial charge in [0.05, 0.1) is 6.54 Å². The van der Waals surface area contributed by atoms with Gasteiger partial charge in [-0.25, -0.2) is 0 Å². The van der Waals surface area contributed by atoms with Gasteiger partial charge in [0, 0.05) is 13.7 Å². The van der Waals surface area contributed by atoms with E-state index in [0.29, 0.717) is 18.6 Å². The molecule has 0 saturated carbocycles. The van der Waals surface area contributed by atoms with Crippen molar-refractivity contribution in [2.75, 3.05) is 20.2 Å². The molecule has 0 spiro atoms. The zero-order valence-electron chi connectivity index (χ0n) is 13.2. The number of hydrogen-bond acceptors (Lipinski definition) is 4. The highest BCUT2D eigenvalue weighted by molar-refractivity contribution is 5.70. The van der Waals surface area contributed by atoms with Crippen molar-refractivity contribution in [1.82, 2.24) is 4.90 Å². The molecule has 1 aromatic heterocycles. The van der Waals surface area contributed by atoms with Crippen LogP contribution in [0.5, 0.6) is 0 Å². The van der Waals surface area contributed by atoms with Gasteiger partial charge in [-0.3, -0.25) is 9.69 Å². The van der Waals surface area contributed by atoms with Gasteiger partial charge in [0.15, 0.2) is 12.0 Å². The maximum atomic E-state index is 10.6. The number of carbonyl (C=O) groups is 1. The summed E-state index contributed by atoms with van der Waals surface area (Å²) >= 11 is 0. The summed E-state index contributed by atoms with van der Waals surface area (Å²) in [5.41, 5.74) is -0.422. The first-order valence-corrected chi connectivity index (χ1v) is 7.00. The van der Waals surface area contributed by atoms with E-state index in [1.807, 2.05) is 32.1 Å². The highest BCUT2D eigenvalue weighted by Crippen LogP contribution is 2.09. The van der Waals surface area contributed by atoms with E-state index in [1.54, 1.807) is 13.2 Å². The summed E-state index contributed by atoms with van der Waals surface area (Å²) in [6.45, 7) is 8.26. The van der Waals surface area contributed by atoms with Crippen LogP contribution in [-0.2, 0) is 11.3 Å². The Kier molecular flexibility index (Phi) is 6.93. The third-order valence-electron chi connectivity index (χ3n) is 3.07. The average Bonchev–Trinajstić information content (AvgIpc) is 2.93. The number of nitrogens with zero attached hydrogens (tertiary/aromatic N) is 1. The molecule has 1 heterocycles. The lowest BCUT2D eigenvalue weighted by Crippen LogP contribution is -2.22. The first-order valence-electron chi connectivity index (χ1n) is 7.00. The van der Waals surface area contributed by atoms with E-state index in [2.05, 4.69) is 23.7 Å². The summed E-state index contributed by atoms with van der Waals surface area (Å²) in [6, 6.07) is 3.52. The number of methoxy groups -OCH3 is 1. The smallest absolute Gasteiger partial charge is 0.185 e. The lowest BCUT2D eigenvalue weighted by molar-refractivity contribution is 0.0742. The molecule has 0 unspecified atom stereocenters. The monoisotopic (exact) mass is 289 g/mol. The Morgan fingerprint density at radius 1 is 1.43 bits per heavy atom. The van der Waals surface area contributed by atoms with E-state index in [1.165, 1.54) is 0 Å². The van der Waals surface area contributed by atoms with E-state index in [4.69, 9.17) is 9.15 Å². The van der Waals surface area contributed by atoms with Crippen molar-refractivity contribution < 1.29 is 13.9 Å². The van der Waals surface area contributed by atoms with Crippen molar-refractivity contribution in [3.05, 3.63) is 35.8 Å². The number of hydrogen-bond donors (Lipinski definition) is 0. The van der Waals surface area contributed by atoms with Crippen molar-refractivity contribution in [3.63, 3.8) is 0 Å². The third-order valence-corrected chi connectivity index (χ3v) is 3.07. The standard InChI is InChI=1S/C17H23NO3/c1-5-18(13-15-9-10-16(14-19)21-15)12-8-6-7-11-17(2,3)20-4/h6,8-10,14H,5,12-13H2,1-4H3. The van der Waals surface area contributed by atoms with Gasteiger partial charge in [-0.15, -0.1) is 0 Å². The fourth-order valence-electron chi connectivity index (χ4n) is 1.60. The zero-order valence-corrected chi connectivity index (χ0v) is 13.2. The molecule has 21 heavy (non-hydrogen) atoms. The van der Waals surface area contributed by atoms with Gasteiger partial charge in [0.2, 0.25) is 0 Å². The Bertz CT molecular complexity index is 532. The fourth-order valence-corrected chi connectivity index (χ4v) is 1.60. The molecule has 4 heteroatoms. The Morgan fingerprint density at radius 3 is 2.76 bits per heavy atom. The van der Waals surface area contributed by atoms with E-state index in [9.17, 15) is 4.79 Å². The lowest BCUT2D eigenvalue weighted by atomic mass is 10.1. The summed E-state index contributed by atoms with van der Waals surface area (Å²) in [4.78, 5) is 12.8. The summed E-state index contributed by atoms with van der Waals surface area (Å²) in [7, 11) is 1.65. The van der Waals surface area contributed by atoms with E-state index >= 15 is 0 Å². The molecule has 0 N–H and O–H groups in total. The molecule has 0 atom stereocenters. The second-order valence-electron chi connectivity index (χ2n) is 5.14. The van der Waals surface area contributed by atoms with Gasteiger partial charge in [-0.05, 0) is 38.6 Å². The molecule has 1 aromatic rings. The van der Waals surface area contributed by atoms with Gasteiger partial charge in [-0.1, -0.05) is 24.8 Å². The second-order valence-corrected chi connectivity index (χ2v) is 5.14. The summed E-state index contributed by atoms with van der Waals surface area (Å²) in [6.07, 6.45) is 4.56. The molecule has 4 nitrogen and oxygen atoms in total. The predicted octanol–water partition coefficient (Wildman–Crippen LogP) is 2.90. The quantitative estimate of drug-likeness (QED) is 0.572. The van der Waals surface area contributed by atoms with Crippen LogP contribution in [0, 0.1) is 11.8 Å². The molecule has 0 aliphatic rings. The first kappa shape index (κ1) is 17.2. The average molecular weight is 289 g/mol. The largest absolute Gasteiger partial charge is 0.457 e. The molecular weight excluding hydrogens is 266 g/mol. The molecule has 0 radical (unpaired) electrons. The molecule has 1 rings (SSSR count). The Morgan fingerprint density at radius 2 is 2.19 bits per heavy atom. The third kappa shape index (κ3) is 6.44. The molecule has 0 saturated heterocycles. The van der Waals surface area contributed by atoms with E-state index in [-0.39, 0.29) is 0 Å². The predicted molar refractivity (Wildman–Crippen MR) is 83.1 cm³/mol. The maximum absolute atomic E-state index is 10.6. The highest BCUT2D eigenvalue weighted by atomic mass is 16.5. The minimum Gasteiger partial charge on any atom is -0.457 e. The fraction of sp³-hybridized carbons (Fsp3) is 0.471. The number of aldehydes is 1. The van der Waals surface area contributed by atoms with Crippen LogP contribution < -0.4 is 0 Å². The number of likely N-dealkylation sites (N-methyl/N-ethyl adjacent to an activating group) is 1. The van der Waals surface area contributed by atoms with Gasteiger partial charge in [0.1, 0.15) is 11.4 Å². The Balaban J connectivity index is 2.49. The number of furan rings is 1. The van der Waals surface area contributed by atoms with Crippen LogP contribution in [0.25, 0.3) is 0 Å². The van der Waals surface area contributed by atoms with Crippen molar-refractivity contribution >= 4 is 6.29 Å². The topological polar surface area (TPSA) is 42.7 Å². The van der Waals surface area contributed by atoms with Gasteiger partial charge < -0.3 is 9.15 Å². The van der Waals surface area contributed by atoms with Crippen molar-refractivity contribution in [2.45, 2.75) is 32.9 Å². The molecule has 114 valence electrons. The molecule has 0 fully saturated rings. The van der Waals surface area contributed by atoms with Crippen LogP contribution in [0.15, 0.2) is 28.7 Å². The number of ether oxygens (including phenoxy) is 1. The minimum atomic E-state index is -0.422. The molecule has 0 aliphatic carbocycles. The zero-order chi connectivity index (χ0) is 15.7. The van der Waals surface area contributed by atoms with Crippen LogP contribution in [0.4, 0.5) is 0 Å². The van der Waals surface area contributed by atoms with Crippen molar-refractivity contribution in [3.8, 4) is 11.8 Å². The Labute approximate surface area is 126 Å². The van der Waals surface area contributed by atoms with Crippen LogP contribution in [0.1, 0.15) is 37.1 Å². The second kappa shape index (κ2) is 8.46. The highest BCUT2D eigenvalue weighted by Gasteiger charge is 2.10. The van der Waals surface area contributed by atoms with Crippen LogP contribution >= 0.6 is 0 Å². The van der Waals surface area contributed by atoms with Crippen LogP contribution in [0.2, 0.25) is 0 Å². The minimum absolute atomic E-state index is 0.365. The molecular formula is C17H23NO3. The molecule has 0 aromatic carbocycles. The van der Waals surface area contributed by atoms with E-state index < -0.39 is 5.60 Å². The Hall–Kier alpha value is -1.83. The normalized spacial score (nSPS) is 11.7. The van der Waals surface area contributed by atoms with Gasteiger partial charge in [-0.2, -0.15) is 0 Å². The summed E-state index contributed by atoms with van der Waals surface area (Å²) < 4.78 is 10.6. The van der Waals surface area contributed by atoms with Crippen LogP contribution in [0.3, 0.4) is 0 Å². The van der Waals surface area contributed by atoms with E-state index in [0.717, 1.165) is 18.8 Å². The first-order chi connectivity index (χ1) is 10.0. The molecule has 0 aliphatic heterocycles. The van der Waals surface area contributed by atoms with Crippen LogP contribution in [-0.4, -0.2) is 37.0 Å². The SMILES string of the molecule is CCN(CC=CC#CC(C)(C)OC)Cc1ccc(C=O)o1. The molecule has 0 amide bonds. The number of carbonyl (C=O) groups excluding carboxylic acids is 1. The number of rotatable bonds is 7. The maximum Gasteiger partial charge on any atom is 0.185 e. The summed E-state index contributed by atoms with van der Waals surface area (Å²) in [5, 5.41) is 0. The summed E-state index contributed by atoms with van der Waals surface area (Å²) in [5.74, 6) is 7.16. The van der Waals surface area contributed by atoms with Crippen molar-refractivity contribution in [1.29, 1.82) is 0 Å². The van der Waals surface area contributed by atoms with Gasteiger partial charge >= 0.3 is 0 Å². The molecule has 0 bridgehead atoms. The van der Waals surface area contributed by atoms with Gasteiger partial charge in [0.25, 0.3) is 0 Å². The lowest BCUT2D eigenvalue weighted by Gasteiger charge is -2.16. The number of allylic oxidation sites excluding steroid dienone is 1. The van der Waals surface area contributed by atoms with Crippen molar-refractivity contribution in [2.24, 2.45) is 0 Å².